The molecule has 0 saturated heterocycles. The Morgan fingerprint density at radius 3 is 1.89 bits per heavy atom. The number of hydrogen-bond donors (Lipinski definition) is 2. The number of rotatable bonds is 6. The van der Waals surface area contributed by atoms with Crippen molar-refractivity contribution in [2.75, 3.05) is 13.2 Å². The highest BCUT2D eigenvalue weighted by Crippen LogP contribution is 2.24. The molecule has 0 fully saturated rings. The van der Waals surface area contributed by atoms with Crippen LogP contribution in [0.4, 0.5) is 0 Å². The molecule has 0 bridgehead atoms. The molecule has 0 radical (unpaired) electrons. The van der Waals surface area contributed by atoms with Crippen LogP contribution in [0.3, 0.4) is 0 Å². The second-order valence-electron chi connectivity index (χ2n) is 8.88. The second kappa shape index (κ2) is 17.8. The minimum Gasteiger partial charge on any atom is -0.462 e. The van der Waals surface area contributed by atoms with Crippen LogP contribution in [0.15, 0.2) is 73.1 Å². The number of aryl methyl sites for hydroxylation is 2. The second-order valence-corrected chi connectivity index (χ2v) is 9.24. The Morgan fingerprint density at radius 2 is 1.34 bits per heavy atom. The molecule has 10 nitrogen and oxygen atoms in total. The van der Waals surface area contributed by atoms with Crippen LogP contribution in [0.25, 0.3) is 11.3 Å². The predicted octanol–water partition coefficient (Wildman–Crippen LogP) is 4.56. The number of carbonyl (C=O) groups excluding carboxylic acids is 2. The average molecular weight is 613 g/mol. The van der Waals surface area contributed by atoms with E-state index in [-0.39, 0.29) is 5.15 Å². The van der Waals surface area contributed by atoms with E-state index in [2.05, 4.69) is 16.0 Å². The van der Waals surface area contributed by atoms with Gasteiger partial charge in [0.25, 0.3) is 0 Å². The van der Waals surface area contributed by atoms with Crippen LogP contribution in [0.2, 0.25) is 5.15 Å². The zero-order valence-electron chi connectivity index (χ0n) is 24.6. The molecule has 4 aromatic rings. The van der Waals surface area contributed by atoms with Gasteiger partial charge in [-0.3, -0.25) is 4.98 Å². The van der Waals surface area contributed by atoms with Crippen molar-refractivity contribution in [2.45, 2.75) is 27.7 Å². The summed E-state index contributed by atoms with van der Waals surface area (Å²) in [6.45, 7) is 7.81. The van der Waals surface area contributed by atoms with Crippen LogP contribution in [0.1, 0.15) is 56.8 Å². The van der Waals surface area contributed by atoms with Gasteiger partial charge in [0.15, 0.2) is 0 Å². The van der Waals surface area contributed by atoms with E-state index in [1.165, 1.54) is 12.3 Å². The lowest BCUT2D eigenvalue weighted by Gasteiger charge is -2.08. The van der Waals surface area contributed by atoms with Crippen LogP contribution in [-0.2, 0) is 9.47 Å². The first kappa shape index (κ1) is 35.1. The van der Waals surface area contributed by atoms with Gasteiger partial charge in [0.1, 0.15) is 5.15 Å². The van der Waals surface area contributed by atoms with Gasteiger partial charge in [-0.1, -0.05) is 35.9 Å². The Labute approximate surface area is 261 Å². The van der Waals surface area contributed by atoms with Gasteiger partial charge in [-0.05, 0) is 80.7 Å². The molecule has 0 unspecified atom stereocenters. The Kier molecular flexibility index (Phi) is 14.2. The summed E-state index contributed by atoms with van der Waals surface area (Å²) in [4.78, 5) is 31.0. The maximum absolute atomic E-state index is 11.9. The Hall–Kier alpha value is -5.07. The van der Waals surface area contributed by atoms with E-state index >= 15 is 0 Å². The first-order valence-electron chi connectivity index (χ1n) is 13.3. The molecule has 224 valence electrons. The first-order chi connectivity index (χ1) is 21.1. The third kappa shape index (κ3) is 10.0. The van der Waals surface area contributed by atoms with Gasteiger partial charge in [0, 0.05) is 18.0 Å². The summed E-state index contributed by atoms with van der Waals surface area (Å²) < 4.78 is 9.77. The van der Waals surface area contributed by atoms with E-state index in [4.69, 9.17) is 41.6 Å². The van der Waals surface area contributed by atoms with Gasteiger partial charge in [0.2, 0.25) is 0 Å². The molecule has 4 rings (SSSR count). The molecule has 0 amide bonds. The van der Waals surface area contributed by atoms with Crippen molar-refractivity contribution in [1.29, 1.82) is 10.5 Å². The number of carbonyl (C=O) groups is 2. The fourth-order valence-electron chi connectivity index (χ4n) is 3.57. The first-order valence-corrected chi connectivity index (χ1v) is 13.7. The topological polar surface area (TPSA) is 166 Å². The molecule has 0 aliphatic rings. The lowest BCUT2D eigenvalue weighted by Crippen LogP contribution is -2.29. The molecule has 0 aliphatic carbocycles. The number of esters is 2. The number of hydrogen-bond acceptors (Lipinski definition) is 10. The molecule has 2 aromatic carbocycles. The monoisotopic (exact) mass is 612 g/mol. The normalized spacial score (nSPS) is 9.57. The molecule has 0 atom stereocenters. The van der Waals surface area contributed by atoms with Crippen LogP contribution in [0.5, 0.6) is 0 Å². The van der Waals surface area contributed by atoms with Crippen molar-refractivity contribution < 1.29 is 29.1 Å². The zero-order valence-corrected chi connectivity index (χ0v) is 25.4. The Balaban J connectivity index is 0.000000244. The molecular formula is C32H30BClN4O6. The van der Waals surface area contributed by atoms with Crippen LogP contribution in [0, 0.1) is 36.5 Å². The number of pyridine rings is 2. The maximum atomic E-state index is 11.9. The molecule has 2 heterocycles. The summed E-state index contributed by atoms with van der Waals surface area (Å²) in [5, 5.41) is 35.4. The van der Waals surface area contributed by atoms with Gasteiger partial charge in [-0.15, -0.1) is 0 Å². The van der Waals surface area contributed by atoms with Crippen molar-refractivity contribution in [3.05, 3.63) is 112 Å². The van der Waals surface area contributed by atoms with Crippen LogP contribution < -0.4 is 5.46 Å². The van der Waals surface area contributed by atoms with Gasteiger partial charge >= 0.3 is 19.1 Å². The van der Waals surface area contributed by atoms with Crippen molar-refractivity contribution in [1.82, 2.24) is 9.97 Å². The molecular weight excluding hydrogens is 583 g/mol. The van der Waals surface area contributed by atoms with E-state index in [1.807, 2.05) is 25.1 Å². The summed E-state index contributed by atoms with van der Waals surface area (Å²) in [6, 6.07) is 20.9. The zero-order chi connectivity index (χ0) is 32.6. The molecule has 2 aromatic heterocycles. The molecule has 2 N–H and O–H groups in total. The van der Waals surface area contributed by atoms with E-state index in [0.29, 0.717) is 46.6 Å². The van der Waals surface area contributed by atoms with E-state index in [9.17, 15) is 9.59 Å². The molecule has 0 saturated carbocycles. The number of nitriles is 2. The fraction of sp³-hybridized carbons (Fsp3) is 0.188. The van der Waals surface area contributed by atoms with Gasteiger partial charge in [0.05, 0.1) is 53.3 Å². The number of aromatic nitrogens is 2. The molecule has 0 spiro atoms. The van der Waals surface area contributed by atoms with Crippen molar-refractivity contribution >= 4 is 36.1 Å². The Morgan fingerprint density at radius 1 is 0.818 bits per heavy atom. The summed E-state index contributed by atoms with van der Waals surface area (Å²) >= 11 is 5.64. The minimum absolute atomic E-state index is 0.177. The summed E-state index contributed by atoms with van der Waals surface area (Å²) in [5.41, 5.74) is 5.09. The lowest BCUT2D eigenvalue weighted by molar-refractivity contribution is 0.0517. The summed E-state index contributed by atoms with van der Waals surface area (Å²) in [7, 11) is -1.50. The SMILES string of the molecule is CCOC(=O)c1cccnc1-c1ccc(C)c(C#N)c1.CCOC(=O)c1cccnc1Cl.Cc1ccc(B(O)O)cc1C#N. The highest BCUT2D eigenvalue weighted by molar-refractivity contribution is 6.58. The average Bonchev–Trinajstić information content (AvgIpc) is 3.02. The third-order valence-corrected chi connectivity index (χ3v) is 6.17. The summed E-state index contributed by atoms with van der Waals surface area (Å²) in [5.74, 6) is -0.842. The fourth-order valence-corrected chi connectivity index (χ4v) is 3.76. The van der Waals surface area contributed by atoms with Crippen molar-refractivity contribution in [3.63, 3.8) is 0 Å². The van der Waals surface area contributed by atoms with Crippen molar-refractivity contribution in [2.24, 2.45) is 0 Å². The summed E-state index contributed by atoms with van der Waals surface area (Å²) in [6.07, 6.45) is 3.13. The minimum atomic E-state index is -1.50. The van der Waals surface area contributed by atoms with Gasteiger partial charge in [-0.25, -0.2) is 14.6 Å². The van der Waals surface area contributed by atoms with E-state index in [0.717, 1.165) is 16.7 Å². The lowest BCUT2D eigenvalue weighted by atomic mass is 9.79. The standard InChI is InChI=1S/C16H14N2O2.C8H8BNO2.C8H8ClNO2/c1-3-20-16(19)14-5-4-8-18-15(14)12-7-6-11(2)13(9-12)10-17;1-6-2-3-8(9(11)12)4-7(6)5-10;1-2-12-8(11)6-4-3-5-10-7(6)9/h4-9H,3H2,1-2H3;2-4,11-12H,1H3;3-5H,2H2,1H3. The van der Waals surface area contributed by atoms with Gasteiger partial charge < -0.3 is 19.5 Å². The number of ether oxygens (including phenoxy) is 2. The third-order valence-electron chi connectivity index (χ3n) is 5.87. The van der Waals surface area contributed by atoms with E-state index in [1.54, 1.807) is 69.4 Å². The molecule has 44 heavy (non-hydrogen) atoms. The quantitative estimate of drug-likeness (QED) is 0.179. The maximum Gasteiger partial charge on any atom is 0.488 e. The van der Waals surface area contributed by atoms with Crippen LogP contribution in [-0.4, -0.2) is 52.3 Å². The predicted molar refractivity (Wildman–Crippen MR) is 166 cm³/mol. The van der Waals surface area contributed by atoms with E-state index < -0.39 is 19.1 Å². The number of benzene rings is 2. The number of nitrogens with zero attached hydrogens (tertiary/aromatic N) is 4. The molecule has 12 heteroatoms. The number of halogens is 1. The van der Waals surface area contributed by atoms with Crippen molar-refractivity contribution in [3.8, 4) is 23.4 Å². The van der Waals surface area contributed by atoms with Crippen LogP contribution >= 0.6 is 11.6 Å². The molecule has 0 aliphatic heterocycles. The largest absolute Gasteiger partial charge is 0.488 e. The van der Waals surface area contributed by atoms with Gasteiger partial charge in [-0.2, -0.15) is 10.5 Å². The highest BCUT2D eigenvalue weighted by Gasteiger charge is 2.16. The highest BCUT2D eigenvalue weighted by atomic mass is 35.5. The Bertz CT molecular complexity index is 1680. The smallest absolute Gasteiger partial charge is 0.462 e.